The number of hydrogen-bond acceptors (Lipinski definition) is 2. The highest BCUT2D eigenvalue weighted by Crippen LogP contribution is 2.45. The van der Waals surface area contributed by atoms with E-state index < -0.39 is 0 Å². The molecule has 0 aliphatic carbocycles. The standard InChI is InChI=1S/C63H38N2S/c1-2-13-39(14-3-1)43-28-30-61-57(33-43)58-37-55-50-23-9-8-22-49(50)54-34-44(48-24-12-19-42-31-32-66-63(42)48)27-29-51(54)56(55)38-62(58)65(61)45-35-59(52-25-10-17-40-15-4-6-20-46(40)52)64-60(36-45)53-26-11-18-41-16-5-7-21-47(41)53/h1-38H. The van der Waals surface area contributed by atoms with Gasteiger partial charge in [-0.3, -0.25) is 0 Å². The quantitative estimate of drug-likeness (QED) is 0.158. The zero-order valence-corrected chi connectivity index (χ0v) is 36.6. The lowest BCUT2D eigenvalue weighted by molar-refractivity contribution is 1.16. The number of hydrogen-bond donors (Lipinski definition) is 0. The summed E-state index contributed by atoms with van der Waals surface area (Å²) >= 11 is 1.82. The number of nitrogens with zero attached hydrogens (tertiary/aromatic N) is 2. The summed E-state index contributed by atoms with van der Waals surface area (Å²) in [5.41, 5.74) is 12.4. The molecule has 2 nitrogen and oxygen atoms in total. The average Bonchev–Trinajstić information content (AvgIpc) is 4.00. The predicted molar refractivity (Wildman–Crippen MR) is 283 cm³/mol. The van der Waals surface area contributed by atoms with Crippen molar-refractivity contribution in [2.45, 2.75) is 0 Å². The van der Waals surface area contributed by atoms with Crippen LogP contribution >= 0.6 is 11.3 Å². The Kier molecular flexibility index (Phi) is 8.19. The van der Waals surface area contributed by atoms with Crippen molar-refractivity contribution in [2.75, 3.05) is 0 Å². The lowest BCUT2D eigenvalue weighted by Gasteiger charge is -2.16. The zero-order valence-electron chi connectivity index (χ0n) is 35.7. The molecule has 0 fully saturated rings. The van der Waals surface area contributed by atoms with Crippen LogP contribution < -0.4 is 0 Å². The Hall–Kier alpha value is -8.37. The van der Waals surface area contributed by atoms with Crippen LogP contribution in [0.5, 0.6) is 0 Å². The Morgan fingerprint density at radius 2 is 0.833 bits per heavy atom. The van der Waals surface area contributed by atoms with E-state index in [0.717, 1.165) is 39.2 Å². The highest BCUT2D eigenvalue weighted by Gasteiger charge is 2.21. The summed E-state index contributed by atoms with van der Waals surface area (Å²) in [5.74, 6) is 0. The first kappa shape index (κ1) is 37.0. The van der Waals surface area contributed by atoms with Gasteiger partial charge in [0.05, 0.1) is 28.1 Å². The summed E-state index contributed by atoms with van der Waals surface area (Å²) in [6, 6.07) is 82.7. The van der Waals surface area contributed by atoms with Gasteiger partial charge in [0.15, 0.2) is 0 Å². The molecule has 0 spiro atoms. The minimum atomic E-state index is 0.939. The van der Waals surface area contributed by atoms with E-state index in [1.807, 2.05) is 11.3 Å². The third-order valence-corrected chi connectivity index (χ3v) is 14.8. The van der Waals surface area contributed by atoms with Crippen LogP contribution in [0, 0.1) is 0 Å². The van der Waals surface area contributed by atoms with Crippen LogP contribution in [0.4, 0.5) is 0 Å². The Balaban J connectivity index is 1.10. The van der Waals surface area contributed by atoms with Gasteiger partial charge in [0, 0.05) is 26.6 Å². The van der Waals surface area contributed by atoms with Gasteiger partial charge < -0.3 is 4.57 Å². The molecule has 3 heteroatoms. The maximum Gasteiger partial charge on any atom is 0.0736 e. The summed E-state index contributed by atoms with van der Waals surface area (Å²) in [4.78, 5) is 5.56. The van der Waals surface area contributed by atoms with Gasteiger partial charge in [0.2, 0.25) is 0 Å². The molecule has 66 heavy (non-hydrogen) atoms. The summed E-state index contributed by atoms with van der Waals surface area (Å²) in [5, 5.41) is 18.2. The van der Waals surface area contributed by atoms with E-state index in [9.17, 15) is 0 Å². The summed E-state index contributed by atoms with van der Waals surface area (Å²) in [7, 11) is 0. The van der Waals surface area contributed by atoms with Gasteiger partial charge >= 0.3 is 0 Å². The monoisotopic (exact) mass is 854 g/mol. The van der Waals surface area contributed by atoms with Crippen LogP contribution in [0.15, 0.2) is 230 Å². The van der Waals surface area contributed by atoms with Gasteiger partial charge in [-0.2, -0.15) is 0 Å². The molecule has 0 N–H and O–H groups in total. The van der Waals surface area contributed by atoms with Gasteiger partial charge in [-0.25, -0.2) is 4.98 Å². The summed E-state index contributed by atoms with van der Waals surface area (Å²) in [6.07, 6.45) is 0. The minimum absolute atomic E-state index is 0.939. The molecule has 3 heterocycles. The Morgan fingerprint density at radius 1 is 0.303 bits per heavy atom. The van der Waals surface area contributed by atoms with E-state index in [1.54, 1.807) is 0 Å². The van der Waals surface area contributed by atoms with Crippen molar-refractivity contribution < 1.29 is 0 Å². The fourth-order valence-electron chi connectivity index (χ4n) is 10.8. The summed E-state index contributed by atoms with van der Waals surface area (Å²) in [6.45, 7) is 0. The van der Waals surface area contributed by atoms with Crippen LogP contribution in [0.2, 0.25) is 0 Å². The van der Waals surface area contributed by atoms with Crippen LogP contribution in [0.25, 0.3) is 136 Å². The van der Waals surface area contributed by atoms with E-state index in [2.05, 4.69) is 234 Å². The molecule has 0 radical (unpaired) electrons. The number of thiophene rings is 1. The van der Waals surface area contributed by atoms with Gasteiger partial charge in [0.1, 0.15) is 0 Å². The van der Waals surface area contributed by atoms with E-state index in [4.69, 9.17) is 4.98 Å². The van der Waals surface area contributed by atoms with Crippen molar-refractivity contribution in [2.24, 2.45) is 0 Å². The van der Waals surface area contributed by atoms with Gasteiger partial charge in [-0.05, 0) is 135 Å². The van der Waals surface area contributed by atoms with Crippen molar-refractivity contribution in [3.63, 3.8) is 0 Å². The lowest BCUT2D eigenvalue weighted by atomic mass is 9.91. The number of rotatable bonds is 5. The molecule has 0 unspecified atom stereocenters. The van der Waals surface area contributed by atoms with Crippen LogP contribution in [0.1, 0.15) is 0 Å². The topological polar surface area (TPSA) is 17.8 Å². The number of pyridine rings is 1. The lowest BCUT2D eigenvalue weighted by Crippen LogP contribution is -1.99. The molecule has 14 aromatic rings. The van der Waals surface area contributed by atoms with Crippen molar-refractivity contribution in [3.05, 3.63) is 230 Å². The van der Waals surface area contributed by atoms with Crippen LogP contribution in [-0.2, 0) is 0 Å². The second-order valence-corrected chi connectivity index (χ2v) is 18.4. The molecule has 0 atom stereocenters. The predicted octanol–water partition coefficient (Wildman–Crippen LogP) is 17.8. The molecule has 0 bridgehead atoms. The fourth-order valence-corrected chi connectivity index (χ4v) is 11.7. The smallest absolute Gasteiger partial charge is 0.0736 e. The van der Waals surface area contributed by atoms with E-state index >= 15 is 0 Å². The number of benzene rings is 11. The van der Waals surface area contributed by atoms with Gasteiger partial charge in [-0.1, -0.05) is 176 Å². The number of aromatic nitrogens is 2. The second-order valence-electron chi connectivity index (χ2n) is 17.4. The summed E-state index contributed by atoms with van der Waals surface area (Å²) < 4.78 is 3.82. The van der Waals surface area contributed by atoms with E-state index in [0.29, 0.717) is 0 Å². The Labute approximate surface area is 384 Å². The van der Waals surface area contributed by atoms with Gasteiger partial charge in [-0.15, -0.1) is 11.3 Å². The SMILES string of the molecule is c1ccc(-c2ccc3c(c2)c2cc4c5ccccc5c5cc(-c6cccc7ccsc67)ccc5c4cc2n3-c2cc(-c3cccc4ccccc34)nc(-c3cccc4ccccc34)c2)cc1. The average molecular weight is 855 g/mol. The van der Waals surface area contributed by atoms with Crippen molar-refractivity contribution in [1.82, 2.24) is 9.55 Å². The Bertz CT molecular complexity index is 4180. The third-order valence-electron chi connectivity index (χ3n) is 13.8. The molecule has 14 rings (SSSR count). The minimum Gasteiger partial charge on any atom is -0.309 e. The highest BCUT2D eigenvalue weighted by atomic mass is 32.1. The molecule has 0 saturated carbocycles. The van der Waals surface area contributed by atoms with Crippen molar-refractivity contribution in [3.8, 4) is 50.5 Å². The molecular weight excluding hydrogens is 817 g/mol. The second kappa shape index (κ2) is 14.6. The molecule has 0 aliphatic rings. The Morgan fingerprint density at radius 3 is 1.55 bits per heavy atom. The molecular formula is C63H38N2S. The zero-order chi connectivity index (χ0) is 43.3. The van der Waals surface area contributed by atoms with Crippen LogP contribution in [-0.4, -0.2) is 9.55 Å². The molecule has 306 valence electrons. The maximum atomic E-state index is 5.56. The number of fused-ring (bicyclic) bond motifs is 12. The van der Waals surface area contributed by atoms with Crippen LogP contribution in [0.3, 0.4) is 0 Å². The van der Waals surface area contributed by atoms with Crippen molar-refractivity contribution >= 4 is 97.1 Å². The van der Waals surface area contributed by atoms with E-state index in [1.165, 1.54) is 97.0 Å². The van der Waals surface area contributed by atoms with E-state index in [-0.39, 0.29) is 0 Å². The largest absolute Gasteiger partial charge is 0.309 e. The molecule has 11 aromatic carbocycles. The normalized spacial score (nSPS) is 11.9. The molecule has 0 aliphatic heterocycles. The molecule has 0 saturated heterocycles. The maximum absolute atomic E-state index is 5.56. The first-order chi connectivity index (χ1) is 32.7. The highest BCUT2D eigenvalue weighted by molar-refractivity contribution is 7.17. The third kappa shape index (κ3) is 5.70. The fraction of sp³-hybridized carbons (Fsp3) is 0. The first-order valence-corrected chi connectivity index (χ1v) is 23.5. The van der Waals surface area contributed by atoms with Crippen molar-refractivity contribution in [1.29, 1.82) is 0 Å². The molecule has 0 amide bonds. The first-order valence-electron chi connectivity index (χ1n) is 22.6. The molecule has 3 aromatic heterocycles. The van der Waals surface area contributed by atoms with Gasteiger partial charge in [0.25, 0.3) is 0 Å².